The lowest BCUT2D eigenvalue weighted by Crippen LogP contribution is -2.36. The molecule has 166 valence electrons. The second-order valence-corrected chi connectivity index (χ2v) is 10.1. The van der Waals surface area contributed by atoms with E-state index in [4.69, 9.17) is 0 Å². The maximum atomic E-state index is 10.4. The van der Waals surface area contributed by atoms with Gasteiger partial charge < -0.3 is 4.90 Å². The molecular formula is C31H32N2. The van der Waals surface area contributed by atoms with E-state index < -0.39 is 0 Å². The van der Waals surface area contributed by atoms with Gasteiger partial charge in [-0.25, -0.2) is 0 Å². The van der Waals surface area contributed by atoms with E-state index in [0.717, 1.165) is 50.3 Å². The van der Waals surface area contributed by atoms with Crippen molar-refractivity contribution in [3.05, 3.63) is 88.0 Å². The molecule has 0 radical (unpaired) electrons. The van der Waals surface area contributed by atoms with Crippen LogP contribution >= 0.6 is 0 Å². The number of benzene rings is 3. The Hall–Kier alpha value is -3.05. The zero-order valence-electron chi connectivity index (χ0n) is 19.4. The van der Waals surface area contributed by atoms with Gasteiger partial charge in [-0.15, -0.1) is 0 Å². The van der Waals surface area contributed by atoms with Crippen molar-refractivity contribution >= 4 is 5.69 Å². The Kier molecular flexibility index (Phi) is 5.43. The maximum Gasteiger partial charge on any atom is 0.102 e. The van der Waals surface area contributed by atoms with E-state index in [0.29, 0.717) is 0 Å². The predicted octanol–water partition coefficient (Wildman–Crippen LogP) is 6.66. The molecule has 0 bridgehead atoms. The lowest BCUT2D eigenvalue weighted by Gasteiger charge is -2.39. The predicted molar refractivity (Wildman–Crippen MR) is 136 cm³/mol. The zero-order valence-corrected chi connectivity index (χ0v) is 19.4. The molecule has 33 heavy (non-hydrogen) atoms. The first kappa shape index (κ1) is 20.5. The summed E-state index contributed by atoms with van der Waals surface area (Å²) in [6.07, 6.45) is 10.4. The Balaban J connectivity index is 1.39. The summed E-state index contributed by atoms with van der Waals surface area (Å²) in [5.74, 6) is 0.739. The molecule has 2 heteroatoms. The van der Waals surface area contributed by atoms with Crippen LogP contribution in [-0.4, -0.2) is 13.1 Å². The third kappa shape index (κ3) is 3.65. The second-order valence-electron chi connectivity index (χ2n) is 10.1. The SMILES string of the molecule is N#Cc1c2c(c3c(c1N1CCC(Cc4ccccc4)CC1)CCc1ccccc1-3)CCCC2. The minimum absolute atomic E-state index is 0.739. The molecule has 0 amide bonds. The molecule has 3 aliphatic rings. The molecule has 2 aliphatic carbocycles. The second kappa shape index (κ2) is 8.71. The normalized spacial score (nSPS) is 17.6. The van der Waals surface area contributed by atoms with Crippen LogP contribution in [0.2, 0.25) is 0 Å². The summed E-state index contributed by atoms with van der Waals surface area (Å²) in [5.41, 5.74) is 12.5. The lowest BCUT2D eigenvalue weighted by atomic mass is 9.74. The minimum Gasteiger partial charge on any atom is -0.370 e. The number of fused-ring (bicyclic) bond motifs is 5. The van der Waals surface area contributed by atoms with E-state index in [-0.39, 0.29) is 0 Å². The number of nitriles is 1. The van der Waals surface area contributed by atoms with Crippen molar-refractivity contribution in [1.82, 2.24) is 0 Å². The average Bonchev–Trinajstić information content (AvgIpc) is 2.88. The third-order valence-corrected chi connectivity index (χ3v) is 8.24. The van der Waals surface area contributed by atoms with E-state index in [2.05, 4.69) is 65.6 Å². The molecule has 1 fully saturated rings. The topological polar surface area (TPSA) is 27.0 Å². The number of rotatable bonds is 3. The van der Waals surface area contributed by atoms with Crippen LogP contribution < -0.4 is 4.90 Å². The number of piperidine rings is 1. The Bertz CT molecular complexity index is 1210. The molecule has 2 nitrogen and oxygen atoms in total. The zero-order chi connectivity index (χ0) is 22.2. The largest absolute Gasteiger partial charge is 0.370 e. The summed E-state index contributed by atoms with van der Waals surface area (Å²) in [6, 6.07) is 22.6. The number of hydrogen-bond donors (Lipinski definition) is 0. The molecule has 6 rings (SSSR count). The van der Waals surface area contributed by atoms with Crippen LogP contribution in [0.4, 0.5) is 5.69 Å². The van der Waals surface area contributed by atoms with Gasteiger partial charge in [-0.1, -0.05) is 54.6 Å². The van der Waals surface area contributed by atoms with E-state index in [1.54, 1.807) is 0 Å². The van der Waals surface area contributed by atoms with Crippen molar-refractivity contribution in [1.29, 1.82) is 5.26 Å². The molecule has 0 spiro atoms. The summed E-state index contributed by atoms with van der Waals surface area (Å²) in [6.45, 7) is 2.14. The van der Waals surface area contributed by atoms with Crippen LogP contribution in [0.15, 0.2) is 54.6 Å². The number of anilines is 1. The molecule has 0 unspecified atom stereocenters. The smallest absolute Gasteiger partial charge is 0.102 e. The van der Waals surface area contributed by atoms with Gasteiger partial charge in [-0.2, -0.15) is 5.26 Å². The Morgan fingerprint density at radius 1 is 0.788 bits per heavy atom. The first-order chi connectivity index (χ1) is 16.3. The van der Waals surface area contributed by atoms with Crippen LogP contribution in [0, 0.1) is 17.2 Å². The third-order valence-electron chi connectivity index (χ3n) is 8.24. The Morgan fingerprint density at radius 3 is 2.30 bits per heavy atom. The monoisotopic (exact) mass is 432 g/mol. The van der Waals surface area contributed by atoms with Crippen molar-refractivity contribution in [3.63, 3.8) is 0 Å². The Morgan fingerprint density at radius 2 is 1.52 bits per heavy atom. The molecule has 0 saturated carbocycles. The highest BCUT2D eigenvalue weighted by Gasteiger charge is 2.32. The number of hydrogen-bond acceptors (Lipinski definition) is 2. The van der Waals surface area contributed by atoms with Crippen molar-refractivity contribution in [2.75, 3.05) is 18.0 Å². The van der Waals surface area contributed by atoms with Crippen molar-refractivity contribution in [2.45, 2.75) is 57.8 Å². The number of aryl methyl sites for hydroxylation is 1. The molecule has 3 aromatic rings. The van der Waals surface area contributed by atoms with Crippen molar-refractivity contribution < 1.29 is 0 Å². The fourth-order valence-corrected chi connectivity index (χ4v) is 6.64. The van der Waals surface area contributed by atoms with Crippen LogP contribution in [-0.2, 0) is 32.1 Å². The molecule has 0 N–H and O–H groups in total. The van der Waals surface area contributed by atoms with Gasteiger partial charge in [-0.3, -0.25) is 0 Å². The van der Waals surface area contributed by atoms with Gasteiger partial charge in [0.25, 0.3) is 0 Å². The van der Waals surface area contributed by atoms with E-state index in [9.17, 15) is 5.26 Å². The van der Waals surface area contributed by atoms with Gasteiger partial charge in [0.2, 0.25) is 0 Å². The van der Waals surface area contributed by atoms with Crippen molar-refractivity contribution in [3.8, 4) is 17.2 Å². The first-order valence-electron chi connectivity index (χ1n) is 12.8. The van der Waals surface area contributed by atoms with Crippen molar-refractivity contribution in [2.24, 2.45) is 5.92 Å². The number of nitrogens with zero attached hydrogens (tertiary/aromatic N) is 2. The summed E-state index contributed by atoms with van der Waals surface area (Å²) < 4.78 is 0. The summed E-state index contributed by atoms with van der Waals surface area (Å²) in [5, 5.41) is 10.4. The van der Waals surface area contributed by atoms with Gasteiger partial charge in [0.05, 0.1) is 11.3 Å². The summed E-state index contributed by atoms with van der Waals surface area (Å²) in [4.78, 5) is 2.59. The lowest BCUT2D eigenvalue weighted by molar-refractivity contribution is 0.403. The van der Waals surface area contributed by atoms with Crippen LogP contribution in [0.5, 0.6) is 0 Å². The molecule has 1 aliphatic heterocycles. The average molecular weight is 433 g/mol. The van der Waals surface area contributed by atoms with E-state index in [1.165, 1.54) is 76.7 Å². The van der Waals surface area contributed by atoms with Crippen LogP contribution in [0.1, 0.15) is 59.1 Å². The molecule has 0 aromatic heterocycles. The maximum absolute atomic E-state index is 10.4. The standard InChI is InChI=1S/C31H32N2/c32-21-29-26-12-6-7-13-27(26)30-25-11-5-4-10-24(25)14-15-28(30)31(29)33-18-16-23(17-19-33)20-22-8-2-1-3-9-22/h1-5,8-11,23H,6-7,12-20H2. The fraction of sp³-hybridized carbons (Fsp3) is 0.387. The molecular weight excluding hydrogens is 400 g/mol. The summed E-state index contributed by atoms with van der Waals surface area (Å²) in [7, 11) is 0. The van der Waals surface area contributed by atoms with Gasteiger partial charge >= 0.3 is 0 Å². The summed E-state index contributed by atoms with van der Waals surface area (Å²) >= 11 is 0. The van der Waals surface area contributed by atoms with E-state index >= 15 is 0 Å². The molecule has 0 atom stereocenters. The highest BCUT2D eigenvalue weighted by atomic mass is 15.1. The highest BCUT2D eigenvalue weighted by Crippen LogP contribution is 2.47. The van der Waals surface area contributed by atoms with Gasteiger partial charge in [-0.05, 0) is 103 Å². The molecule has 1 heterocycles. The fourth-order valence-electron chi connectivity index (χ4n) is 6.64. The highest BCUT2D eigenvalue weighted by molar-refractivity contribution is 5.86. The Labute approximate surface area is 197 Å². The minimum atomic E-state index is 0.739. The van der Waals surface area contributed by atoms with Gasteiger partial charge in [0, 0.05) is 13.1 Å². The van der Waals surface area contributed by atoms with E-state index in [1.807, 2.05) is 0 Å². The molecule has 1 saturated heterocycles. The van der Waals surface area contributed by atoms with Crippen LogP contribution in [0.25, 0.3) is 11.1 Å². The quantitative estimate of drug-likeness (QED) is 0.463. The first-order valence-corrected chi connectivity index (χ1v) is 12.8. The van der Waals surface area contributed by atoms with Gasteiger partial charge in [0.1, 0.15) is 6.07 Å². The van der Waals surface area contributed by atoms with Crippen LogP contribution in [0.3, 0.4) is 0 Å². The van der Waals surface area contributed by atoms with Gasteiger partial charge in [0.15, 0.2) is 0 Å². The molecule has 3 aromatic carbocycles.